The number of esters is 1. The minimum absolute atomic E-state index is 0.0216. The second kappa shape index (κ2) is 6.81. The van der Waals surface area contributed by atoms with E-state index in [1.807, 2.05) is 0 Å². The van der Waals surface area contributed by atoms with Gasteiger partial charge in [-0.05, 0) is 13.3 Å². The van der Waals surface area contributed by atoms with Crippen molar-refractivity contribution in [1.82, 2.24) is 5.32 Å². The van der Waals surface area contributed by atoms with Crippen LogP contribution in [0.1, 0.15) is 27.2 Å². The number of nitrogens with one attached hydrogen (secondary N) is 1. The van der Waals surface area contributed by atoms with E-state index >= 15 is 0 Å². The summed E-state index contributed by atoms with van der Waals surface area (Å²) in [5.74, 6) is -2.62. The third kappa shape index (κ3) is 5.33. The van der Waals surface area contributed by atoms with E-state index < -0.39 is 29.8 Å². The van der Waals surface area contributed by atoms with Crippen molar-refractivity contribution in [1.29, 1.82) is 0 Å². The molecule has 0 unspecified atom stereocenters. The molecule has 6 nitrogen and oxygen atoms in total. The Labute approximate surface area is 94.0 Å². The van der Waals surface area contributed by atoms with E-state index in [-0.39, 0.29) is 13.0 Å². The van der Waals surface area contributed by atoms with Gasteiger partial charge in [0, 0.05) is 6.92 Å². The summed E-state index contributed by atoms with van der Waals surface area (Å²) >= 11 is 0. The number of aliphatic carboxylic acids is 1. The van der Waals surface area contributed by atoms with Crippen molar-refractivity contribution in [2.45, 2.75) is 33.2 Å². The molecule has 16 heavy (non-hydrogen) atoms. The summed E-state index contributed by atoms with van der Waals surface area (Å²) < 4.78 is 4.74. The van der Waals surface area contributed by atoms with Crippen molar-refractivity contribution < 1.29 is 24.2 Å². The maximum Gasteiger partial charge on any atom is 0.326 e. The summed E-state index contributed by atoms with van der Waals surface area (Å²) in [6.45, 7) is 4.72. The number of amides is 1. The minimum Gasteiger partial charge on any atom is -0.480 e. The van der Waals surface area contributed by atoms with Crippen LogP contribution in [0, 0.1) is 5.92 Å². The standard InChI is InChI=1S/C10H17NO5/c1-4-16-10(15)6(2)5-8(9(13)14)11-7(3)12/h6,8H,4-5H2,1-3H3,(H,11,12)(H,13,14)/t6-,8-/m1/s1. The number of carboxylic acids is 1. The van der Waals surface area contributed by atoms with E-state index in [4.69, 9.17) is 9.84 Å². The maximum atomic E-state index is 11.3. The zero-order valence-corrected chi connectivity index (χ0v) is 9.65. The number of carbonyl (C=O) groups excluding carboxylic acids is 2. The van der Waals surface area contributed by atoms with Gasteiger partial charge >= 0.3 is 11.9 Å². The van der Waals surface area contributed by atoms with Gasteiger partial charge in [-0.15, -0.1) is 0 Å². The fourth-order valence-electron chi connectivity index (χ4n) is 1.20. The first-order chi connectivity index (χ1) is 7.38. The monoisotopic (exact) mass is 231 g/mol. The Kier molecular flexibility index (Phi) is 6.14. The molecule has 0 aromatic heterocycles. The van der Waals surface area contributed by atoms with Gasteiger partial charge in [-0.2, -0.15) is 0 Å². The first-order valence-electron chi connectivity index (χ1n) is 5.05. The molecule has 0 fully saturated rings. The Morgan fingerprint density at radius 1 is 1.38 bits per heavy atom. The number of carbonyl (C=O) groups is 3. The Hall–Kier alpha value is -1.59. The van der Waals surface area contributed by atoms with Gasteiger partial charge in [0.2, 0.25) is 5.91 Å². The lowest BCUT2D eigenvalue weighted by Gasteiger charge is -2.16. The SMILES string of the molecule is CCOC(=O)[C@H](C)C[C@@H](NC(C)=O)C(=O)O. The molecule has 0 spiro atoms. The van der Waals surface area contributed by atoms with Gasteiger partial charge in [-0.1, -0.05) is 6.92 Å². The van der Waals surface area contributed by atoms with E-state index in [0.29, 0.717) is 0 Å². The molecular weight excluding hydrogens is 214 g/mol. The third-order valence-electron chi connectivity index (χ3n) is 1.95. The van der Waals surface area contributed by atoms with Crippen LogP contribution in [0.3, 0.4) is 0 Å². The first-order valence-corrected chi connectivity index (χ1v) is 5.05. The fourth-order valence-corrected chi connectivity index (χ4v) is 1.20. The Balaban J connectivity index is 4.33. The molecule has 0 bridgehead atoms. The average Bonchev–Trinajstić information content (AvgIpc) is 2.16. The van der Waals surface area contributed by atoms with Crippen molar-refractivity contribution in [2.24, 2.45) is 5.92 Å². The normalized spacial score (nSPS) is 13.7. The van der Waals surface area contributed by atoms with Crippen LogP contribution in [0.15, 0.2) is 0 Å². The third-order valence-corrected chi connectivity index (χ3v) is 1.95. The number of hydrogen-bond acceptors (Lipinski definition) is 4. The summed E-state index contributed by atoms with van der Waals surface area (Å²) in [4.78, 5) is 32.8. The lowest BCUT2D eigenvalue weighted by molar-refractivity contribution is -0.149. The summed E-state index contributed by atoms with van der Waals surface area (Å²) in [5, 5.41) is 11.1. The van der Waals surface area contributed by atoms with Crippen LogP contribution in [0.2, 0.25) is 0 Å². The maximum absolute atomic E-state index is 11.3. The van der Waals surface area contributed by atoms with Crippen molar-refractivity contribution in [3.8, 4) is 0 Å². The highest BCUT2D eigenvalue weighted by atomic mass is 16.5. The van der Waals surface area contributed by atoms with Crippen molar-refractivity contribution in [3.05, 3.63) is 0 Å². The van der Waals surface area contributed by atoms with Crippen LogP contribution in [-0.2, 0) is 19.1 Å². The lowest BCUT2D eigenvalue weighted by atomic mass is 10.0. The number of carboxylic acid groups (broad SMARTS) is 1. The highest BCUT2D eigenvalue weighted by Crippen LogP contribution is 2.08. The Morgan fingerprint density at radius 2 is 1.94 bits per heavy atom. The van der Waals surface area contributed by atoms with Gasteiger partial charge in [0.05, 0.1) is 12.5 Å². The molecule has 0 saturated carbocycles. The predicted octanol–water partition coefficient (Wildman–Crippen LogP) is 0.165. The molecule has 0 aliphatic carbocycles. The number of rotatable bonds is 6. The second-order valence-corrected chi connectivity index (χ2v) is 3.48. The Bertz CT molecular complexity index is 276. The largest absolute Gasteiger partial charge is 0.480 e. The van der Waals surface area contributed by atoms with Gasteiger partial charge in [-0.3, -0.25) is 9.59 Å². The first kappa shape index (κ1) is 14.4. The second-order valence-electron chi connectivity index (χ2n) is 3.48. The van der Waals surface area contributed by atoms with Crippen LogP contribution in [-0.4, -0.2) is 35.6 Å². The highest BCUT2D eigenvalue weighted by molar-refractivity contribution is 5.83. The quantitative estimate of drug-likeness (QED) is 0.635. The molecule has 0 aliphatic heterocycles. The molecule has 0 heterocycles. The van der Waals surface area contributed by atoms with Gasteiger partial charge in [0.1, 0.15) is 6.04 Å². The summed E-state index contributed by atoms with van der Waals surface area (Å²) in [6.07, 6.45) is 0.0216. The van der Waals surface area contributed by atoms with Crippen molar-refractivity contribution >= 4 is 17.8 Å². The van der Waals surface area contributed by atoms with Crippen LogP contribution in [0.4, 0.5) is 0 Å². The van der Waals surface area contributed by atoms with Gasteiger partial charge in [0.15, 0.2) is 0 Å². The van der Waals surface area contributed by atoms with E-state index in [0.717, 1.165) is 0 Å². The summed E-state index contributed by atoms with van der Waals surface area (Å²) in [6, 6.07) is -1.06. The average molecular weight is 231 g/mol. The Morgan fingerprint density at radius 3 is 2.31 bits per heavy atom. The van der Waals surface area contributed by atoms with E-state index in [2.05, 4.69) is 5.32 Å². The van der Waals surface area contributed by atoms with E-state index in [1.165, 1.54) is 6.92 Å². The molecule has 92 valence electrons. The van der Waals surface area contributed by atoms with Crippen LogP contribution < -0.4 is 5.32 Å². The highest BCUT2D eigenvalue weighted by Gasteiger charge is 2.25. The predicted molar refractivity (Wildman–Crippen MR) is 55.7 cm³/mol. The molecule has 6 heteroatoms. The van der Waals surface area contributed by atoms with Crippen LogP contribution >= 0.6 is 0 Å². The molecule has 2 atom stereocenters. The molecule has 0 radical (unpaired) electrons. The molecule has 0 aliphatic rings. The molecule has 0 aromatic carbocycles. The van der Waals surface area contributed by atoms with E-state index in [9.17, 15) is 14.4 Å². The minimum atomic E-state index is -1.16. The molecule has 0 aromatic rings. The molecular formula is C10H17NO5. The summed E-state index contributed by atoms with van der Waals surface area (Å²) in [7, 11) is 0. The fraction of sp³-hybridized carbons (Fsp3) is 0.700. The smallest absolute Gasteiger partial charge is 0.326 e. The number of ether oxygens (including phenoxy) is 1. The van der Waals surface area contributed by atoms with Crippen molar-refractivity contribution in [2.75, 3.05) is 6.61 Å². The lowest BCUT2D eigenvalue weighted by Crippen LogP contribution is -2.41. The molecule has 1 amide bonds. The van der Waals surface area contributed by atoms with Crippen LogP contribution in [0.25, 0.3) is 0 Å². The van der Waals surface area contributed by atoms with Gasteiger partial charge in [-0.25, -0.2) is 4.79 Å². The molecule has 2 N–H and O–H groups in total. The number of hydrogen-bond donors (Lipinski definition) is 2. The van der Waals surface area contributed by atoms with Gasteiger partial charge < -0.3 is 15.2 Å². The van der Waals surface area contributed by atoms with Crippen LogP contribution in [0.5, 0.6) is 0 Å². The zero-order chi connectivity index (χ0) is 12.7. The van der Waals surface area contributed by atoms with Crippen molar-refractivity contribution in [3.63, 3.8) is 0 Å². The van der Waals surface area contributed by atoms with Gasteiger partial charge in [0.25, 0.3) is 0 Å². The topological polar surface area (TPSA) is 92.7 Å². The zero-order valence-electron chi connectivity index (χ0n) is 9.65. The summed E-state index contributed by atoms with van der Waals surface area (Å²) in [5.41, 5.74) is 0. The molecule has 0 saturated heterocycles. The molecule has 0 rings (SSSR count). The van der Waals surface area contributed by atoms with E-state index in [1.54, 1.807) is 13.8 Å².